The summed E-state index contributed by atoms with van der Waals surface area (Å²) in [6, 6.07) is 13.8. The summed E-state index contributed by atoms with van der Waals surface area (Å²) in [7, 11) is 1.88. The number of Topliss-reactive ketones (excluding diaryl/α,β-unsaturated/α-hetero) is 1. The monoisotopic (exact) mass is 277 g/mol. The molecule has 0 atom stereocenters. The standard InChI is InChI=1S/C18H12FNO/c1-20-12-15(14-7-3-5-9-17(14)20)18(21)11-10-13-6-2-4-8-16(13)19/h2-9,12H,1H3. The number of aryl methyl sites for hydroxylation is 1. The first-order valence-corrected chi connectivity index (χ1v) is 6.52. The zero-order valence-corrected chi connectivity index (χ0v) is 11.4. The summed E-state index contributed by atoms with van der Waals surface area (Å²) in [6.07, 6.45) is 1.75. The highest BCUT2D eigenvalue weighted by atomic mass is 19.1. The molecule has 0 N–H and O–H groups in total. The van der Waals surface area contributed by atoms with E-state index in [4.69, 9.17) is 0 Å². The molecule has 3 aromatic rings. The fourth-order valence-corrected chi connectivity index (χ4v) is 2.28. The summed E-state index contributed by atoms with van der Waals surface area (Å²) < 4.78 is 15.4. The molecule has 2 nitrogen and oxygen atoms in total. The summed E-state index contributed by atoms with van der Waals surface area (Å²) >= 11 is 0. The van der Waals surface area contributed by atoms with Crippen molar-refractivity contribution >= 4 is 16.7 Å². The molecule has 0 spiro atoms. The van der Waals surface area contributed by atoms with Crippen molar-refractivity contribution in [2.45, 2.75) is 0 Å². The van der Waals surface area contributed by atoms with E-state index in [1.807, 2.05) is 35.9 Å². The van der Waals surface area contributed by atoms with Gasteiger partial charge in [0.05, 0.1) is 11.1 Å². The Morgan fingerprint density at radius 1 is 1.10 bits per heavy atom. The van der Waals surface area contributed by atoms with Gasteiger partial charge in [-0.1, -0.05) is 36.3 Å². The lowest BCUT2D eigenvalue weighted by Crippen LogP contribution is -1.94. The molecule has 0 radical (unpaired) electrons. The molecule has 0 bridgehead atoms. The van der Waals surface area contributed by atoms with Crippen LogP contribution in [0.3, 0.4) is 0 Å². The second-order valence-electron chi connectivity index (χ2n) is 4.73. The minimum Gasteiger partial charge on any atom is -0.350 e. The van der Waals surface area contributed by atoms with E-state index in [9.17, 15) is 9.18 Å². The van der Waals surface area contributed by atoms with Gasteiger partial charge in [-0.25, -0.2) is 4.39 Å². The van der Waals surface area contributed by atoms with Crippen molar-refractivity contribution in [2.75, 3.05) is 0 Å². The third-order valence-electron chi connectivity index (χ3n) is 3.33. The Hall–Kier alpha value is -2.86. The summed E-state index contributed by atoms with van der Waals surface area (Å²) in [4.78, 5) is 12.2. The molecule has 21 heavy (non-hydrogen) atoms. The molecule has 0 aliphatic rings. The molecule has 102 valence electrons. The first-order valence-electron chi connectivity index (χ1n) is 6.52. The number of carbonyl (C=O) groups is 1. The third kappa shape index (κ3) is 2.44. The number of para-hydroxylation sites is 1. The van der Waals surface area contributed by atoms with Gasteiger partial charge in [0.2, 0.25) is 5.78 Å². The largest absolute Gasteiger partial charge is 0.350 e. The van der Waals surface area contributed by atoms with Gasteiger partial charge in [-0.05, 0) is 24.1 Å². The van der Waals surface area contributed by atoms with Crippen LogP contribution in [0.25, 0.3) is 10.9 Å². The molecule has 0 saturated carbocycles. The predicted octanol–water partition coefficient (Wildman–Crippen LogP) is 3.55. The molecule has 0 aliphatic heterocycles. The lowest BCUT2D eigenvalue weighted by Gasteiger charge is -1.93. The number of benzene rings is 2. The smallest absolute Gasteiger partial charge is 0.238 e. The number of ketones is 1. The van der Waals surface area contributed by atoms with Gasteiger partial charge in [-0.15, -0.1) is 0 Å². The highest BCUT2D eigenvalue weighted by Gasteiger charge is 2.11. The first-order chi connectivity index (χ1) is 10.2. The minimum absolute atomic E-state index is 0.228. The Balaban J connectivity index is 2.01. The van der Waals surface area contributed by atoms with E-state index in [0.29, 0.717) is 5.56 Å². The van der Waals surface area contributed by atoms with Crippen molar-refractivity contribution in [2.24, 2.45) is 7.05 Å². The van der Waals surface area contributed by atoms with Crippen molar-refractivity contribution in [3.63, 3.8) is 0 Å². The van der Waals surface area contributed by atoms with Crippen LogP contribution in [0.4, 0.5) is 4.39 Å². The van der Waals surface area contributed by atoms with Crippen LogP contribution in [0.15, 0.2) is 54.7 Å². The molecule has 0 saturated heterocycles. The van der Waals surface area contributed by atoms with Crippen LogP contribution >= 0.6 is 0 Å². The third-order valence-corrected chi connectivity index (χ3v) is 3.33. The maximum atomic E-state index is 13.5. The number of hydrogen-bond acceptors (Lipinski definition) is 1. The van der Waals surface area contributed by atoms with Gasteiger partial charge >= 0.3 is 0 Å². The first kappa shape index (κ1) is 13.1. The average molecular weight is 277 g/mol. The molecule has 0 fully saturated rings. The summed E-state index contributed by atoms with van der Waals surface area (Å²) in [6.45, 7) is 0. The second-order valence-corrected chi connectivity index (χ2v) is 4.73. The van der Waals surface area contributed by atoms with Crippen LogP contribution < -0.4 is 0 Å². The number of aromatic nitrogens is 1. The fraction of sp³-hybridized carbons (Fsp3) is 0.0556. The van der Waals surface area contributed by atoms with E-state index >= 15 is 0 Å². The number of halogens is 1. The van der Waals surface area contributed by atoms with Crippen molar-refractivity contribution in [3.8, 4) is 11.8 Å². The zero-order chi connectivity index (χ0) is 14.8. The van der Waals surface area contributed by atoms with Crippen LogP contribution in [0, 0.1) is 17.7 Å². The summed E-state index contributed by atoms with van der Waals surface area (Å²) in [5, 5.41) is 0.854. The molecule has 1 heterocycles. The number of rotatable bonds is 1. The number of carbonyl (C=O) groups excluding carboxylic acids is 1. The SMILES string of the molecule is Cn1cc(C(=O)C#Cc2ccccc2F)c2ccccc21. The van der Waals surface area contributed by atoms with E-state index < -0.39 is 5.82 Å². The molecular formula is C18H12FNO. The average Bonchev–Trinajstić information content (AvgIpc) is 2.84. The van der Waals surface area contributed by atoms with Crippen LogP contribution in [0.5, 0.6) is 0 Å². The van der Waals surface area contributed by atoms with Gasteiger partial charge < -0.3 is 4.57 Å². The zero-order valence-electron chi connectivity index (χ0n) is 11.4. The van der Waals surface area contributed by atoms with Crippen LogP contribution in [-0.2, 0) is 7.05 Å². The van der Waals surface area contributed by atoms with E-state index in [0.717, 1.165) is 10.9 Å². The van der Waals surface area contributed by atoms with E-state index in [2.05, 4.69) is 11.8 Å². The second kappa shape index (κ2) is 5.26. The topological polar surface area (TPSA) is 22.0 Å². The van der Waals surface area contributed by atoms with E-state index in [1.165, 1.54) is 6.07 Å². The molecule has 3 rings (SSSR count). The molecule has 0 unspecified atom stereocenters. The maximum absolute atomic E-state index is 13.5. The minimum atomic E-state index is -0.421. The Bertz CT molecular complexity index is 896. The van der Waals surface area contributed by atoms with Crippen LogP contribution in [0.1, 0.15) is 15.9 Å². The van der Waals surface area contributed by atoms with Gasteiger partial charge in [-0.3, -0.25) is 4.79 Å². The normalized spacial score (nSPS) is 10.2. The molecule has 3 heteroatoms. The Morgan fingerprint density at radius 2 is 1.81 bits per heavy atom. The van der Waals surface area contributed by atoms with Crippen molar-refractivity contribution in [1.82, 2.24) is 4.57 Å². The predicted molar refractivity (Wildman–Crippen MR) is 80.5 cm³/mol. The van der Waals surface area contributed by atoms with Crippen LogP contribution in [-0.4, -0.2) is 10.4 Å². The van der Waals surface area contributed by atoms with Gasteiger partial charge in [0.1, 0.15) is 5.82 Å². The maximum Gasteiger partial charge on any atom is 0.238 e. The number of nitrogens with zero attached hydrogens (tertiary/aromatic N) is 1. The highest BCUT2D eigenvalue weighted by molar-refractivity contribution is 6.16. The molecule has 0 amide bonds. The Labute approximate surface area is 121 Å². The Kier molecular flexibility index (Phi) is 3.29. The Morgan fingerprint density at radius 3 is 2.62 bits per heavy atom. The molecule has 2 aromatic carbocycles. The quantitative estimate of drug-likeness (QED) is 0.492. The lowest BCUT2D eigenvalue weighted by molar-refractivity contribution is 0.105. The van der Waals surface area contributed by atoms with Crippen molar-refractivity contribution < 1.29 is 9.18 Å². The number of hydrogen-bond donors (Lipinski definition) is 0. The van der Waals surface area contributed by atoms with E-state index in [1.54, 1.807) is 24.4 Å². The van der Waals surface area contributed by atoms with Gasteiger partial charge in [0, 0.05) is 24.1 Å². The molecular weight excluding hydrogens is 265 g/mol. The molecule has 1 aromatic heterocycles. The van der Waals surface area contributed by atoms with Gasteiger partial charge in [0.25, 0.3) is 0 Å². The highest BCUT2D eigenvalue weighted by Crippen LogP contribution is 2.20. The van der Waals surface area contributed by atoms with E-state index in [-0.39, 0.29) is 11.3 Å². The van der Waals surface area contributed by atoms with Crippen molar-refractivity contribution in [1.29, 1.82) is 0 Å². The lowest BCUT2D eigenvalue weighted by atomic mass is 10.1. The van der Waals surface area contributed by atoms with Gasteiger partial charge in [-0.2, -0.15) is 0 Å². The van der Waals surface area contributed by atoms with Crippen LogP contribution in [0.2, 0.25) is 0 Å². The summed E-state index contributed by atoms with van der Waals surface area (Å²) in [5.41, 5.74) is 1.73. The summed E-state index contributed by atoms with van der Waals surface area (Å²) in [5.74, 6) is 4.39. The van der Waals surface area contributed by atoms with Gasteiger partial charge in [0.15, 0.2) is 0 Å². The molecule has 0 aliphatic carbocycles. The van der Waals surface area contributed by atoms with Crippen molar-refractivity contribution in [3.05, 3.63) is 71.7 Å². The number of fused-ring (bicyclic) bond motifs is 1. The fourth-order valence-electron chi connectivity index (χ4n) is 2.28.